The van der Waals surface area contributed by atoms with Crippen molar-refractivity contribution in [2.24, 2.45) is 5.92 Å². The monoisotopic (exact) mass is 483 g/mol. The minimum Gasteiger partial charge on any atom is -0.454 e. The van der Waals surface area contributed by atoms with Gasteiger partial charge in [-0.1, -0.05) is 19.1 Å². The summed E-state index contributed by atoms with van der Waals surface area (Å²) in [6.45, 7) is 4.71. The van der Waals surface area contributed by atoms with Gasteiger partial charge in [0.2, 0.25) is 12.7 Å². The van der Waals surface area contributed by atoms with Crippen LogP contribution in [0.25, 0.3) is 0 Å². The molecule has 2 aliphatic rings. The molecule has 186 valence electrons. The molecule has 3 amide bonds. The third-order valence-electron chi connectivity index (χ3n) is 6.61. The van der Waals surface area contributed by atoms with Crippen LogP contribution >= 0.6 is 0 Å². The smallest absolute Gasteiger partial charge is 0.256 e. The van der Waals surface area contributed by atoms with Crippen LogP contribution in [0.2, 0.25) is 0 Å². The normalized spacial score (nSPS) is 16.9. The second-order valence-corrected chi connectivity index (χ2v) is 8.95. The van der Waals surface area contributed by atoms with Gasteiger partial charge < -0.3 is 25.0 Å². The van der Waals surface area contributed by atoms with Crippen molar-refractivity contribution < 1.29 is 28.2 Å². The number of ether oxygens (including phenoxy) is 2. The summed E-state index contributed by atoms with van der Waals surface area (Å²) in [5, 5.41) is 5.86. The number of benzene rings is 2. The fourth-order valence-electron chi connectivity index (χ4n) is 4.34. The first-order valence-electron chi connectivity index (χ1n) is 11.9. The molecule has 35 heavy (non-hydrogen) atoms. The van der Waals surface area contributed by atoms with E-state index in [0.29, 0.717) is 43.0 Å². The molecule has 2 aromatic carbocycles. The maximum atomic E-state index is 14.1. The van der Waals surface area contributed by atoms with E-state index < -0.39 is 17.8 Å². The Morgan fingerprint density at radius 1 is 1.06 bits per heavy atom. The molecule has 2 aliphatic heterocycles. The highest BCUT2D eigenvalue weighted by Gasteiger charge is 2.35. The van der Waals surface area contributed by atoms with Gasteiger partial charge >= 0.3 is 0 Å². The van der Waals surface area contributed by atoms with Crippen LogP contribution in [0.5, 0.6) is 11.5 Å². The van der Waals surface area contributed by atoms with Crippen molar-refractivity contribution in [2.45, 2.75) is 45.2 Å². The van der Waals surface area contributed by atoms with E-state index >= 15 is 0 Å². The van der Waals surface area contributed by atoms with E-state index in [1.807, 2.05) is 13.8 Å². The Morgan fingerprint density at radius 2 is 1.77 bits per heavy atom. The summed E-state index contributed by atoms with van der Waals surface area (Å²) in [5.41, 5.74) is 0.399. The van der Waals surface area contributed by atoms with E-state index in [1.54, 1.807) is 35.2 Å². The first-order valence-corrected chi connectivity index (χ1v) is 11.9. The highest BCUT2D eigenvalue weighted by molar-refractivity contribution is 5.98. The third-order valence-corrected chi connectivity index (χ3v) is 6.61. The average molecular weight is 484 g/mol. The van der Waals surface area contributed by atoms with Crippen molar-refractivity contribution in [2.75, 3.05) is 19.9 Å². The SMILES string of the molecule is CC[C@H](C)NC(=O)[C@@H](NC(=O)c1ccc2c(c1)OCO2)C1CCN(C(=O)c2ccccc2F)CC1. The van der Waals surface area contributed by atoms with E-state index in [2.05, 4.69) is 10.6 Å². The van der Waals surface area contributed by atoms with E-state index in [4.69, 9.17) is 9.47 Å². The molecule has 2 atom stereocenters. The molecule has 0 aromatic heterocycles. The summed E-state index contributed by atoms with van der Waals surface area (Å²) in [7, 11) is 0. The minimum absolute atomic E-state index is 0.0353. The summed E-state index contributed by atoms with van der Waals surface area (Å²) in [6.07, 6.45) is 1.75. The zero-order chi connectivity index (χ0) is 24.9. The van der Waals surface area contributed by atoms with E-state index in [1.165, 1.54) is 12.1 Å². The Morgan fingerprint density at radius 3 is 2.49 bits per heavy atom. The lowest BCUT2D eigenvalue weighted by Crippen LogP contribution is -2.55. The Hall–Kier alpha value is -3.62. The van der Waals surface area contributed by atoms with E-state index in [9.17, 15) is 18.8 Å². The van der Waals surface area contributed by atoms with Gasteiger partial charge in [0.1, 0.15) is 11.9 Å². The van der Waals surface area contributed by atoms with Crippen molar-refractivity contribution >= 4 is 17.7 Å². The first-order chi connectivity index (χ1) is 16.9. The van der Waals surface area contributed by atoms with Gasteiger partial charge in [0.15, 0.2) is 11.5 Å². The zero-order valence-corrected chi connectivity index (χ0v) is 19.9. The molecule has 2 aromatic rings. The number of hydrogen-bond acceptors (Lipinski definition) is 5. The zero-order valence-electron chi connectivity index (χ0n) is 19.9. The number of nitrogens with one attached hydrogen (secondary N) is 2. The predicted molar refractivity (Wildman–Crippen MR) is 127 cm³/mol. The quantitative estimate of drug-likeness (QED) is 0.631. The largest absolute Gasteiger partial charge is 0.454 e. The Labute approximate surface area is 203 Å². The Kier molecular flexibility index (Phi) is 7.53. The molecule has 0 spiro atoms. The summed E-state index contributed by atoms with van der Waals surface area (Å²) < 4.78 is 24.7. The minimum atomic E-state index is -0.771. The summed E-state index contributed by atoms with van der Waals surface area (Å²) in [4.78, 5) is 40.6. The number of halogens is 1. The molecular weight excluding hydrogens is 453 g/mol. The van der Waals surface area contributed by atoms with Crippen LogP contribution in [0.3, 0.4) is 0 Å². The molecular formula is C26H30FN3O5. The predicted octanol–water partition coefficient (Wildman–Crippen LogP) is 3.12. The molecule has 0 bridgehead atoms. The number of hydrogen-bond donors (Lipinski definition) is 2. The van der Waals surface area contributed by atoms with Gasteiger partial charge in [0.25, 0.3) is 11.8 Å². The topological polar surface area (TPSA) is 97.0 Å². The molecule has 9 heteroatoms. The second kappa shape index (κ2) is 10.8. The number of fused-ring (bicyclic) bond motifs is 1. The number of nitrogens with zero attached hydrogens (tertiary/aromatic N) is 1. The molecule has 0 unspecified atom stereocenters. The standard InChI is InChI=1S/C26H30FN3O5/c1-3-16(2)28-25(32)23(29-24(31)18-8-9-21-22(14-18)35-15-34-21)17-10-12-30(13-11-17)26(33)19-6-4-5-7-20(19)27/h4-9,14,16-17,23H,3,10-13,15H2,1-2H3,(H,28,32)(H,29,31)/t16-,23-/m0/s1. The number of piperidine rings is 1. The molecule has 2 N–H and O–H groups in total. The lowest BCUT2D eigenvalue weighted by atomic mass is 9.88. The van der Waals surface area contributed by atoms with E-state index in [-0.39, 0.29) is 36.1 Å². The number of likely N-dealkylation sites (tertiary alicyclic amines) is 1. The lowest BCUT2D eigenvalue weighted by molar-refractivity contribution is -0.125. The number of carbonyl (C=O) groups is 3. The molecule has 1 saturated heterocycles. The van der Waals surface area contributed by atoms with Crippen LogP contribution in [0, 0.1) is 11.7 Å². The van der Waals surface area contributed by atoms with Crippen LogP contribution in [0.4, 0.5) is 4.39 Å². The maximum absolute atomic E-state index is 14.1. The number of amides is 3. The van der Waals surface area contributed by atoms with Crippen LogP contribution in [0.1, 0.15) is 53.8 Å². The average Bonchev–Trinajstić information content (AvgIpc) is 3.35. The van der Waals surface area contributed by atoms with Gasteiger partial charge in [0, 0.05) is 24.7 Å². The fraction of sp³-hybridized carbons (Fsp3) is 0.423. The molecule has 0 aliphatic carbocycles. The van der Waals surface area contributed by atoms with Gasteiger partial charge in [-0.2, -0.15) is 0 Å². The molecule has 0 saturated carbocycles. The van der Waals surface area contributed by atoms with E-state index in [0.717, 1.165) is 6.42 Å². The van der Waals surface area contributed by atoms with Crippen molar-refractivity contribution in [1.82, 2.24) is 15.5 Å². The van der Waals surface area contributed by atoms with Crippen molar-refractivity contribution in [1.29, 1.82) is 0 Å². The Balaban J connectivity index is 1.46. The lowest BCUT2D eigenvalue weighted by Gasteiger charge is -2.36. The highest BCUT2D eigenvalue weighted by Crippen LogP contribution is 2.32. The summed E-state index contributed by atoms with van der Waals surface area (Å²) in [6, 6.07) is 9.98. The molecule has 0 radical (unpaired) electrons. The van der Waals surface area contributed by atoms with Gasteiger partial charge in [-0.05, 0) is 62.4 Å². The molecule has 1 fully saturated rings. The maximum Gasteiger partial charge on any atom is 0.256 e. The van der Waals surface area contributed by atoms with Crippen LogP contribution < -0.4 is 20.1 Å². The van der Waals surface area contributed by atoms with Crippen molar-refractivity contribution in [3.8, 4) is 11.5 Å². The highest BCUT2D eigenvalue weighted by atomic mass is 19.1. The van der Waals surface area contributed by atoms with Gasteiger partial charge in [-0.3, -0.25) is 14.4 Å². The van der Waals surface area contributed by atoms with Gasteiger partial charge in [0.05, 0.1) is 5.56 Å². The van der Waals surface area contributed by atoms with Gasteiger partial charge in [-0.15, -0.1) is 0 Å². The molecule has 8 nitrogen and oxygen atoms in total. The Bertz CT molecular complexity index is 1100. The van der Waals surface area contributed by atoms with Crippen molar-refractivity contribution in [3.05, 3.63) is 59.4 Å². The van der Waals surface area contributed by atoms with Crippen LogP contribution in [-0.2, 0) is 4.79 Å². The molecule has 2 heterocycles. The first kappa shape index (κ1) is 24.5. The third kappa shape index (κ3) is 5.55. The summed E-state index contributed by atoms with van der Waals surface area (Å²) in [5.74, 6) is -0.697. The number of rotatable bonds is 7. The van der Waals surface area contributed by atoms with Crippen LogP contribution in [0.15, 0.2) is 42.5 Å². The number of carbonyl (C=O) groups excluding carboxylic acids is 3. The summed E-state index contributed by atoms with van der Waals surface area (Å²) >= 11 is 0. The molecule has 4 rings (SSSR count). The van der Waals surface area contributed by atoms with Gasteiger partial charge in [-0.25, -0.2) is 4.39 Å². The second-order valence-electron chi connectivity index (χ2n) is 8.95. The fourth-order valence-corrected chi connectivity index (χ4v) is 4.34. The van der Waals surface area contributed by atoms with Crippen molar-refractivity contribution in [3.63, 3.8) is 0 Å². The van der Waals surface area contributed by atoms with Crippen LogP contribution in [-0.4, -0.2) is 54.6 Å².